The van der Waals surface area contributed by atoms with Crippen molar-refractivity contribution in [3.63, 3.8) is 0 Å². The van der Waals surface area contributed by atoms with Gasteiger partial charge in [-0.1, -0.05) is 11.8 Å². The summed E-state index contributed by atoms with van der Waals surface area (Å²) in [5, 5.41) is 0.585. The van der Waals surface area contributed by atoms with E-state index in [0.29, 0.717) is 11.1 Å². The molecular formula is C7H11N5OS. The Labute approximate surface area is 85.5 Å². The number of nitrogen functional groups attached to an aromatic ring is 2. The van der Waals surface area contributed by atoms with Crippen molar-refractivity contribution in [1.82, 2.24) is 15.0 Å². The van der Waals surface area contributed by atoms with Gasteiger partial charge in [-0.15, -0.1) is 0 Å². The summed E-state index contributed by atoms with van der Waals surface area (Å²) in [6.45, 7) is 1.64. The highest BCUT2D eigenvalue weighted by atomic mass is 32.2. The lowest BCUT2D eigenvalue weighted by molar-refractivity contribution is -0.0196. The molecule has 0 spiro atoms. The number of anilines is 2. The van der Waals surface area contributed by atoms with Gasteiger partial charge < -0.3 is 16.2 Å². The van der Waals surface area contributed by atoms with E-state index in [1.54, 1.807) is 0 Å². The largest absolute Gasteiger partial charge is 0.381 e. The number of nitrogens with two attached hydrogens (primary N) is 2. The van der Waals surface area contributed by atoms with E-state index in [1.807, 2.05) is 0 Å². The van der Waals surface area contributed by atoms with Crippen LogP contribution in [0.4, 0.5) is 11.9 Å². The smallest absolute Gasteiger partial charge is 0.225 e. The number of aromatic nitrogens is 3. The van der Waals surface area contributed by atoms with Crippen LogP contribution >= 0.6 is 11.8 Å². The number of hydrogen-bond acceptors (Lipinski definition) is 7. The van der Waals surface area contributed by atoms with Gasteiger partial charge in [0.2, 0.25) is 11.9 Å². The van der Waals surface area contributed by atoms with Crippen LogP contribution in [0.2, 0.25) is 0 Å². The Morgan fingerprint density at radius 2 is 1.86 bits per heavy atom. The summed E-state index contributed by atoms with van der Waals surface area (Å²) >= 11 is 1.53. The molecule has 2 heterocycles. The zero-order valence-electron chi connectivity index (χ0n) is 7.51. The molecule has 2 rings (SSSR count). The minimum absolute atomic E-state index is 0.171. The van der Waals surface area contributed by atoms with Gasteiger partial charge in [-0.25, -0.2) is 0 Å². The topological polar surface area (TPSA) is 99.9 Å². The van der Waals surface area contributed by atoms with Crippen LogP contribution in [0, 0.1) is 5.92 Å². The molecule has 1 aliphatic rings. The van der Waals surface area contributed by atoms with Gasteiger partial charge in [0.15, 0.2) is 5.16 Å². The highest BCUT2D eigenvalue weighted by Crippen LogP contribution is 2.21. The molecule has 14 heavy (non-hydrogen) atoms. The van der Waals surface area contributed by atoms with Crippen molar-refractivity contribution in [2.24, 2.45) is 5.92 Å². The SMILES string of the molecule is Nc1nc(N)nc(SCC2COC2)n1. The predicted molar refractivity (Wildman–Crippen MR) is 53.7 cm³/mol. The van der Waals surface area contributed by atoms with Crippen LogP contribution in [0.1, 0.15) is 0 Å². The maximum Gasteiger partial charge on any atom is 0.225 e. The first-order valence-corrected chi connectivity index (χ1v) is 5.20. The molecule has 1 aliphatic heterocycles. The molecule has 0 unspecified atom stereocenters. The molecule has 0 amide bonds. The molecular weight excluding hydrogens is 202 g/mol. The van der Waals surface area contributed by atoms with E-state index < -0.39 is 0 Å². The van der Waals surface area contributed by atoms with Crippen LogP contribution in [0.3, 0.4) is 0 Å². The summed E-state index contributed by atoms with van der Waals surface area (Å²) in [6.07, 6.45) is 0. The van der Waals surface area contributed by atoms with Crippen molar-refractivity contribution in [3.8, 4) is 0 Å². The summed E-state index contributed by atoms with van der Waals surface area (Å²) < 4.78 is 5.05. The first-order chi connectivity index (χ1) is 6.74. The molecule has 76 valence electrons. The van der Waals surface area contributed by atoms with E-state index in [0.717, 1.165) is 19.0 Å². The average molecular weight is 213 g/mol. The number of rotatable bonds is 3. The minimum atomic E-state index is 0.171. The molecule has 1 saturated heterocycles. The molecule has 0 aliphatic carbocycles. The van der Waals surface area contributed by atoms with E-state index in [-0.39, 0.29) is 11.9 Å². The molecule has 0 atom stereocenters. The second-order valence-electron chi connectivity index (χ2n) is 3.05. The first-order valence-electron chi connectivity index (χ1n) is 4.21. The Morgan fingerprint density at radius 1 is 1.21 bits per heavy atom. The van der Waals surface area contributed by atoms with Crippen molar-refractivity contribution >= 4 is 23.7 Å². The summed E-state index contributed by atoms with van der Waals surface area (Å²) in [7, 11) is 0. The fourth-order valence-electron chi connectivity index (χ4n) is 1.03. The van der Waals surface area contributed by atoms with E-state index in [1.165, 1.54) is 11.8 Å². The molecule has 4 N–H and O–H groups in total. The zero-order chi connectivity index (χ0) is 9.97. The van der Waals surface area contributed by atoms with Crippen LogP contribution < -0.4 is 11.5 Å². The summed E-state index contributed by atoms with van der Waals surface area (Å²) in [5.41, 5.74) is 10.9. The van der Waals surface area contributed by atoms with Crippen LogP contribution in [0.15, 0.2) is 5.16 Å². The Morgan fingerprint density at radius 3 is 2.36 bits per heavy atom. The van der Waals surface area contributed by atoms with Gasteiger partial charge in [-0.2, -0.15) is 15.0 Å². The molecule has 0 radical (unpaired) electrons. The van der Waals surface area contributed by atoms with Crippen LogP contribution in [-0.2, 0) is 4.74 Å². The Kier molecular flexibility index (Phi) is 2.69. The van der Waals surface area contributed by atoms with Crippen molar-refractivity contribution in [1.29, 1.82) is 0 Å². The molecule has 1 aromatic rings. The van der Waals surface area contributed by atoms with Gasteiger partial charge in [0.05, 0.1) is 13.2 Å². The van der Waals surface area contributed by atoms with Crippen molar-refractivity contribution in [2.45, 2.75) is 5.16 Å². The first kappa shape index (κ1) is 9.47. The number of hydrogen-bond donors (Lipinski definition) is 2. The molecule has 1 aromatic heterocycles. The molecule has 0 saturated carbocycles. The summed E-state index contributed by atoms with van der Waals surface area (Å²) in [5.74, 6) is 1.87. The third kappa shape index (κ3) is 2.24. The van der Waals surface area contributed by atoms with E-state index in [4.69, 9.17) is 16.2 Å². The van der Waals surface area contributed by atoms with Crippen LogP contribution in [-0.4, -0.2) is 33.9 Å². The quantitative estimate of drug-likeness (QED) is 0.669. The van der Waals surface area contributed by atoms with Gasteiger partial charge in [0.1, 0.15) is 0 Å². The summed E-state index contributed by atoms with van der Waals surface area (Å²) in [6, 6.07) is 0. The Balaban J connectivity index is 1.94. The van der Waals surface area contributed by atoms with Gasteiger partial charge in [-0.3, -0.25) is 0 Å². The van der Waals surface area contributed by atoms with Gasteiger partial charge in [0, 0.05) is 11.7 Å². The molecule has 6 nitrogen and oxygen atoms in total. The van der Waals surface area contributed by atoms with Crippen molar-refractivity contribution < 1.29 is 4.74 Å². The van der Waals surface area contributed by atoms with Gasteiger partial charge in [0.25, 0.3) is 0 Å². The maximum atomic E-state index is 5.43. The molecule has 1 fully saturated rings. The fraction of sp³-hybridized carbons (Fsp3) is 0.571. The lowest BCUT2D eigenvalue weighted by Gasteiger charge is -2.24. The highest BCUT2D eigenvalue weighted by molar-refractivity contribution is 7.99. The number of nitrogens with zero attached hydrogens (tertiary/aromatic N) is 3. The van der Waals surface area contributed by atoms with E-state index in [9.17, 15) is 0 Å². The maximum absolute atomic E-state index is 5.43. The average Bonchev–Trinajstić information content (AvgIpc) is 1.99. The predicted octanol–water partition coefficient (Wildman–Crippen LogP) is -0.226. The molecule has 0 bridgehead atoms. The van der Waals surface area contributed by atoms with Crippen LogP contribution in [0.5, 0.6) is 0 Å². The Bertz CT molecular complexity index is 310. The van der Waals surface area contributed by atoms with Crippen molar-refractivity contribution in [2.75, 3.05) is 30.4 Å². The van der Waals surface area contributed by atoms with E-state index in [2.05, 4.69) is 15.0 Å². The monoisotopic (exact) mass is 213 g/mol. The molecule has 7 heteroatoms. The fourth-order valence-corrected chi connectivity index (χ4v) is 1.92. The second-order valence-corrected chi connectivity index (χ2v) is 4.04. The second kappa shape index (κ2) is 3.97. The summed E-state index contributed by atoms with van der Waals surface area (Å²) in [4.78, 5) is 11.6. The van der Waals surface area contributed by atoms with E-state index >= 15 is 0 Å². The lowest BCUT2D eigenvalue weighted by Crippen LogP contribution is -2.29. The van der Waals surface area contributed by atoms with Crippen molar-refractivity contribution in [3.05, 3.63) is 0 Å². The third-order valence-corrected chi connectivity index (χ3v) is 2.88. The van der Waals surface area contributed by atoms with Crippen LogP contribution in [0.25, 0.3) is 0 Å². The van der Waals surface area contributed by atoms with Gasteiger partial charge >= 0.3 is 0 Å². The zero-order valence-corrected chi connectivity index (χ0v) is 8.33. The third-order valence-electron chi connectivity index (χ3n) is 1.80. The lowest BCUT2D eigenvalue weighted by atomic mass is 10.1. The van der Waals surface area contributed by atoms with Gasteiger partial charge in [-0.05, 0) is 0 Å². The number of ether oxygens (including phenoxy) is 1. The molecule has 0 aromatic carbocycles. The Hall–Kier alpha value is -1.08. The normalized spacial score (nSPS) is 16.6. The highest BCUT2D eigenvalue weighted by Gasteiger charge is 2.19. The number of thioether (sulfide) groups is 1. The standard InChI is InChI=1S/C7H11N5OS/c8-5-10-6(9)12-7(11-5)14-3-4-1-13-2-4/h4H,1-3H2,(H4,8,9,10,11,12). The minimum Gasteiger partial charge on any atom is -0.381 e.